The van der Waals surface area contributed by atoms with Gasteiger partial charge in [-0.3, -0.25) is 4.90 Å². The summed E-state index contributed by atoms with van der Waals surface area (Å²) in [6, 6.07) is 14.4. The van der Waals surface area contributed by atoms with E-state index in [0.29, 0.717) is 36.7 Å². The molecule has 5 rings (SSSR count). The Kier molecular flexibility index (Phi) is 8.98. The first-order valence-electron chi connectivity index (χ1n) is 14.6. The molecule has 2 aromatic carbocycles. The summed E-state index contributed by atoms with van der Waals surface area (Å²) in [5, 5.41) is 0.800. The molecule has 0 spiro atoms. The Morgan fingerprint density at radius 1 is 1.02 bits per heavy atom. The predicted molar refractivity (Wildman–Crippen MR) is 164 cm³/mol. The minimum absolute atomic E-state index is 0.163. The van der Waals surface area contributed by atoms with Crippen molar-refractivity contribution < 1.29 is 32.6 Å². The van der Waals surface area contributed by atoms with Gasteiger partial charge in [0.2, 0.25) is 0 Å². The number of halogens is 2. The topological polar surface area (TPSA) is 82.9 Å². The highest BCUT2D eigenvalue weighted by atomic mass is 19.1. The number of aryl methyl sites for hydroxylation is 1. The van der Waals surface area contributed by atoms with Gasteiger partial charge in [0.05, 0.1) is 24.4 Å². The highest BCUT2D eigenvalue weighted by molar-refractivity contribution is 5.95. The standard InChI is InChI=1S/C34H35F2N3O5/c1-5-42-31(40)21-30(24-17-25(35)20-26(36)18-24)38-15-12-23-19-28(10-11-29(23)38)43-16-13-27-9-8-22-7-6-14-39(32(22)37-27)33(41)44-34(2,3)4/h8-12,15,17-21H,5-7,13-14,16H2,1-4H3. The van der Waals surface area contributed by atoms with E-state index in [1.807, 2.05) is 51.1 Å². The van der Waals surface area contributed by atoms with E-state index in [2.05, 4.69) is 0 Å². The number of benzene rings is 2. The number of amides is 1. The fourth-order valence-corrected chi connectivity index (χ4v) is 5.10. The van der Waals surface area contributed by atoms with E-state index in [9.17, 15) is 18.4 Å². The molecule has 44 heavy (non-hydrogen) atoms. The number of aromatic nitrogens is 2. The van der Waals surface area contributed by atoms with Gasteiger partial charge in [0.1, 0.15) is 28.8 Å². The molecule has 0 radical (unpaired) electrons. The number of esters is 1. The van der Waals surface area contributed by atoms with Crippen molar-refractivity contribution in [2.45, 2.75) is 52.6 Å². The van der Waals surface area contributed by atoms with Crippen LogP contribution in [0.5, 0.6) is 5.75 Å². The first-order valence-corrected chi connectivity index (χ1v) is 14.6. The maximum Gasteiger partial charge on any atom is 0.416 e. The summed E-state index contributed by atoms with van der Waals surface area (Å²) < 4.78 is 46.5. The summed E-state index contributed by atoms with van der Waals surface area (Å²) in [5.41, 5.74) is 2.37. The number of ether oxygens (including phenoxy) is 3. The molecule has 0 unspecified atom stereocenters. The smallest absolute Gasteiger partial charge is 0.416 e. The van der Waals surface area contributed by atoms with Crippen LogP contribution in [0.4, 0.5) is 19.4 Å². The van der Waals surface area contributed by atoms with Crippen molar-refractivity contribution in [1.29, 1.82) is 0 Å². The van der Waals surface area contributed by atoms with Crippen molar-refractivity contribution in [1.82, 2.24) is 9.55 Å². The molecule has 0 fully saturated rings. The molecule has 10 heteroatoms. The molecule has 0 saturated carbocycles. The van der Waals surface area contributed by atoms with Crippen LogP contribution in [0.15, 0.2) is 66.9 Å². The minimum Gasteiger partial charge on any atom is -0.493 e. The summed E-state index contributed by atoms with van der Waals surface area (Å²) in [5.74, 6) is -0.883. The van der Waals surface area contributed by atoms with E-state index < -0.39 is 29.3 Å². The third-order valence-corrected chi connectivity index (χ3v) is 6.96. The molecule has 0 N–H and O–H groups in total. The highest BCUT2D eigenvalue weighted by Crippen LogP contribution is 2.30. The van der Waals surface area contributed by atoms with Crippen LogP contribution in [0.25, 0.3) is 16.6 Å². The molecule has 230 valence electrons. The van der Waals surface area contributed by atoms with Crippen molar-refractivity contribution in [3.8, 4) is 5.75 Å². The Bertz CT molecular complexity index is 1700. The molecule has 1 aliphatic rings. The van der Waals surface area contributed by atoms with Crippen LogP contribution >= 0.6 is 0 Å². The third-order valence-electron chi connectivity index (χ3n) is 6.96. The van der Waals surface area contributed by atoms with Gasteiger partial charge >= 0.3 is 12.1 Å². The van der Waals surface area contributed by atoms with Gasteiger partial charge < -0.3 is 18.8 Å². The number of pyridine rings is 1. The lowest BCUT2D eigenvalue weighted by Gasteiger charge is -2.31. The zero-order valence-electron chi connectivity index (χ0n) is 25.2. The van der Waals surface area contributed by atoms with Gasteiger partial charge in [-0.15, -0.1) is 0 Å². The van der Waals surface area contributed by atoms with E-state index in [4.69, 9.17) is 19.2 Å². The number of carbonyl (C=O) groups excluding carboxylic acids is 2. The lowest BCUT2D eigenvalue weighted by atomic mass is 10.1. The van der Waals surface area contributed by atoms with Gasteiger partial charge in [0.25, 0.3) is 0 Å². The maximum absolute atomic E-state index is 14.1. The second-order valence-electron chi connectivity index (χ2n) is 11.5. The van der Waals surface area contributed by atoms with Crippen molar-refractivity contribution >= 4 is 34.5 Å². The Labute approximate surface area is 254 Å². The van der Waals surface area contributed by atoms with E-state index in [1.165, 1.54) is 18.2 Å². The van der Waals surface area contributed by atoms with Gasteiger partial charge in [-0.05, 0) is 88.6 Å². The van der Waals surface area contributed by atoms with Gasteiger partial charge in [-0.25, -0.2) is 23.4 Å². The molecule has 0 bridgehead atoms. The summed E-state index contributed by atoms with van der Waals surface area (Å²) in [7, 11) is 0. The van der Waals surface area contributed by atoms with Crippen LogP contribution in [0.2, 0.25) is 0 Å². The van der Waals surface area contributed by atoms with Crippen molar-refractivity contribution in [2.75, 3.05) is 24.7 Å². The van der Waals surface area contributed by atoms with Gasteiger partial charge in [-0.1, -0.05) is 6.07 Å². The number of anilines is 1. The third kappa shape index (κ3) is 7.24. The molecule has 1 amide bonds. The molecule has 0 saturated heterocycles. The lowest BCUT2D eigenvalue weighted by Crippen LogP contribution is -2.40. The molecule has 4 aromatic rings. The Morgan fingerprint density at radius 3 is 2.52 bits per heavy atom. The number of hydrogen-bond acceptors (Lipinski definition) is 6. The van der Waals surface area contributed by atoms with Gasteiger partial charge in [0.15, 0.2) is 0 Å². The fraction of sp³-hybridized carbons (Fsp3) is 0.324. The molecular formula is C34H35F2N3O5. The highest BCUT2D eigenvalue weighted by Gasteiger charge is 2.28. The number of nitrogens with zero attached hydrogens (tertiary/aromatic N) is 3. The van der Waals surface area contributed by atoms with Gasteiger partial charge in [-0.2, -0.15) is 0 Å². The van der Waals surface area contributed by atoms with E-state index in [-0.39, 0.29) is 17.9 Å². The molecule has 1 aliphatic heterocycles. The van der Waals surface area contributed by atoms with Crippen LogP contribution in [-0.2, 0) is 27.1 Å². The SMILES string of the molecule is CCOC(=O)C=C(c1cc(F)cc(F)c1)n1ccc2cc(OCCc3ccc4c(n3)N(C(=O)OC(C)(C)C)CCC4)ccc21. The van der Waals surface area contributed by atoms with Crippen LogP contribution < -0.4 is 9.64 Å². The number of carbonyl (C=O) groups is 2. The zero-order chi connectivity index (χ0) is 31.4. The van der Waals surface area contributed by atoms with E-state index >= 15 is 0 Å². The Balaban J connectivity index is 1.32. The van der Waals surface area contributed by atoms with Crippen molar-refractivity contribution in [2.24, 2.45) is 0 Å². The van der Waals surface area contributed by atoms with Crippen molar-refractivity contribution in [3.63, 3.8) is 0 Å². The van der Waals surface area contributed by atoms with Crippen LogP contribution in [0, 0.1) is 11.6 Å². The normalized spacial score (nSPS) is 13.5. The average molecular weight is 604 g/mol. The van der Waals surface area contributed by atoms with Crippen LogP contribution in [0.1, 0.15) is 50.9 Å². The molecule has 2 aromatic heterocycles. The second kappa shape index (κ2) is 12.9. The monoisotopic (exact) mass is 603 g/mol. The summed E-state index contributed by atoms with van der Waals surface area (Å²) in [4.78, 5) is 31.5. The quantitative estimate of drug-likeness (QED) is 0.158. The Morgan fingerprint density at radius 2 is 1.80 bits per heavy atom. The molecule has 0 aliphatic carbocycles. The minimum atomic E-state index is -0.757. The largest absolute Gasteiger partial charge is 0.493 e. The van der Waals surface area contributed by atoms with E-state index in [0.717, 1.165) is 35.6 Å². The first-order chi connectivity index (χ1) is 21.0. The average Bonchev–Trinajstić information content (AvgIpc) is 3.37. The summed E-state index contributed by atoms with van der Waals surface area (Å²) >= 11 is 0. The molecular weight excluding hydrogens is 568 g/mol. The number of fused-ring (bicyclic) bond motifs is 2. The summed E-state index contributed by atoms with van der Waals surface area (Å²) in [6.45, 7) is 8.27. The van der Waals surface area contributed by atoms with Crippen LogP contribution in [-0.4, -0.2) is 47.0 Å². The zero-order valence-corrected chi connectivity index (χ0v) is 25.2. The second-order valence-corrected chi connectivity index (χ2v) is 11.5. The summed E-state index contributed by atoms with van der Waals surface area (Å²) in [6.07, 6.45) is 4.75. The van der Waals surface area contributed by atoms with Gasteiger partial charge in [0, 0.05) is 47.9 Å². The number of hydrogen-bond donors (Lipinski definition) is 0. The maximum atomic E-state index is 14.1. The van der Waals surface area contributed by atoms with Crippen molar-refractivity contribution in [3.05, 3.63) is 95.3 Å². The predicted octanol–water partition coefficient (Wildman–Crippen LogP) is 7.08. The van der Waals surface area contributed by atoms with Crippen LogP contribution in [0.3, 0.4) is 0 Å². The molecule has 3 heterocycles. The fourth-order valence-electron chi connectivity index (χ4n) is 5.10. The first kappa shape index (κ1) is 30.7. The van der Waals surface area contributed by atoms with E-state index in [1.54, 1.807) is 28.7 Å². The lowest BCUT2D eigenvalue weighted by molar-refractivity contribution is -0.137. The Hall–Kier alpha value is -4.73. The molecule has 8 nitrogen and oxygen atoms in total. The number of rotatable bonds is 8. The molecule has 0 atom stereocenters.